The maximum atomic E-state index is 6.19. The van der Waals surface area contributed by atoms with Crippen LogP contribution in [0.1, 0.15) is 38.2 Å². The highest BCUT2D eigenvalue weighted by atomic mass is 35.5. The van der Waals surface area contributed by atoms with Gasteiger partial charge < -0.3 is 10.2 Å². The van der Waals surface area contributed by atoms with Crippen molar-refractivity contribution in [2.24, 2.45) is 0 Å². The minimum absolute atomic E-state index is 0.662. The number of pyridine rings is 1. The summed E-state index contributed by atoms with van der Waals surface area (Å²) in [6, 6.07) is 2.78. The normalized spacial score (nSPS) is 15.5. The summed E-state index contributed by atoms with van der Waals surface area (Å²) in [7, 11) is 2.13. The molecule has 1 fully saturated rings. The Bertz CT molecular complexity index is 391. The molecule has 1 N–H and O–H groups in total. The fourth-order valence-electron chi connectivity index (χ4n) is 2.16. The van der Waals surface area contributed by atoms with E-state index in [0.717, 1.165) is 35.9 Å². The summed E-state index contributed by atoms with van der Waals surface area (Å²) in [5.74, 6) is 1.04. The highest BCUT2D eigenvalue weighted by Gasteiger charge is 2.23. The topological polar surface area (TPSA) is 28.2 Å². The zero-order valence-corrected chi connectivity index (χ0v) is 12.0. The van der Waals surface area contributed by atoms with Crippen LogP contribution >= 0.6 is 11.6 Å². The third-order valence-electron chi connectivity index (χ3n) is 3.65. The van der Waals surface area contributed by atoms with Crippen LogP contribution in [0.3, 0.4) is 0 Å². The first-order valence-corrected chi connectivity index (χ1v) is 7.18. The molecule has 0 atom stereocenters. The first-order chi connectivity index (χ1) is 8.72. The predicted molar refractivity (Wildman–Crippen MR) is 77.3 cm³/mol. The average molecular weight is 268 g/mol. The van der Waals surface area contributed by atoms with Gasteiger partial charge in [0.15, 0.2) is 0 Å². The van der Waals surface area contributed by atoms with E-state index in [2.05, 4.69) is 35.2 Å². The minimum atomic E-state index is 0.662. The molecular formula is C14H22ClN3. The zero-order valence-electron chi connectivity index (χ0n) is 11.2. The lowest BCUT2D eigenvalue weighted by Crippen LogP contribution is -2.37. The van der Waals surface area contributed by atoms with Gasteiger partial charge in [-0.3, -0.25) is 0 Å². The van der Waals surface area contributed by atoms with Gasteiger partial charge in [0.1, 0.15) is 5.82 Å². The van der Waals surface area contributed by atoms with Crippen molar-refractivity contribution in [2.45, 2.75) is 45.2 Å². The van der Waals surface area contributed by atoms with E-state index in [1.54, 1.807) is 6.20 Å². The van der Waals surface area contributed by atoms with Crippen molar-refractivity contribution in [1.82, 2.24) is 10.3 Å². The number of hydrogen-bond donors (Lipinski definition) is 1. The Hall–Kier alpha value is -0.800. The molecule has 100 valence electrons. The molecule has 0 spiro atoms. The molecule has 1 aromatic rings. The van der Waals surface area contributed by atoms with Crippen LogP contribution in [0.4, 0.5) is 5.82 Å². The van der Waals surface area contributed by atoms with E-state index in [1.807, 2.05) is 0 Å². The van der Waals surface area contributed by atoms with Crippen LogP contribution in [0.5, 0.6) is 0 Å². The molecule has 4 heteroatoms. The quantitative estimate of drug-likeness (QED) is 0.802. The Kier molecular flexibility index (Phi) is 4.84. The van der Waals surface area contributed by atoms with Crippen LogP contribution in [-0.4, -0.2) is 24.6 Å². The van der Waals surface area contributed by atoms with Gasteiger partial charge in [0.25, 0.3) is 0 Å². The van der Waals surface area contributed by atoms with Crippen molar-refractivity contribution in [1.29, 1.82) is 0 Å². The van der Waals surface area contributed by atoms with Crippen molar-refractivity contribution in [2.75, 3.05) is 18.5 Å². The summed E-state index contributed by atoms with van der Waals surface area (Å²) in [6.07, 6.45) is 6.81. The molecule has 0 bridgehead atoms. The van der Waals surface area contributed by atoms with E-state index in [9.17, 15) is 0 Å². The maximum absolute atomic E-state index is 6.19. The Balaban J connectivity index is 2.04. The van der Waals surface area contributed by atoms with Crippen molar-refractivity contribution in [3.63, 3.8) is 0 Å². The first-order valence-electron chi connectivity index (χ1n) is 6.80. The summed E-state index contributed by atoms with van der Waals surface area (Å²) in [5, 5.41) is 4.14. The molecule has 2 rings (SSSR count). The van der Waals surface area contributed by atoms with Gasteiger partial charge in [-0.15, -0.1) is 0 Å². The van der Waals surface area contributed by atoms with E-state index in [-0.39, 0.29) is 0 Å². The van der Waals surface area contributed by atoms with Gasteiger partial charge in [-0.2, -0.15) is 0 Å². The third-order valence-corrected chi connectivity index (χ3v) is 3.99. The van der Waals surface area contributed by atoms with Crippen LogP contribution in [0.2, 0.25) is 5.02 Å². The molecule has 1 aliphatic rings. The van der Waals surface area contributed by atoms with E-state index in [0.29, 0.717) is 6.04 Å². The summed E-state index contributed by atoms with van der Waals surface area (Å²) in [4.78, 5) is 6.72. The van der Waals surface area contributed by atoms with E-state index in [4.69, 9.17) is 11.6 Å². The van der Waals surface area contributed by atoms with Gasteiger partial charge in [0.2, 0.25) is 0 Å². The minimum Gasteiger partial charge on any atom is -0.357 e. The van der Waals surface area contributed by atoms with Gasteiger partial charge in [-0.25, -0.2) is 4.98 Å². The zero-order chi connectivity index (χ0) is 13.0. The van der Waals surface area contributed by atoms with E-state index in [1.165, 1.54) is 19.3 Å². The van der Waals surface area contributed by atoms with Crippen LogP contribution in [0.25, 0.3) is 0 Å². The highest BCUT2D eigenvalue weighted by Crippen LogP contribution is 2.28. The Morgan fingerprint density at radius 1 is 1.50 bits per heavy atom. The second-order valence-electron chi connectivity index (χ2n) is 5.01. The molecular weight excluding hydrogens is 246 g/mol. The molecule has 0 aliphatic heterocycles. The van der Waals surface area contributed by atoms with Crippen LogP contribution in [-0.2, 0) is 6.54 Å². The first kappa shape index (κ1) is 13.6. The fraction of sp³-hybridized carbons (Fsp3) is 0.643. The molecule has 1 heterocycles. The fourth-order valence-corrected chi connectivity index (χ4v) is 2.33. The molecule has 0 unspecified atom stereocenters. The summed E-state index contributed by atoms with van der Waals surface area (Å²) >= 11 is 6.19. The van der Waals surface area contributed by atoms with Crippen molar-refractivity contribution >= 4 is 17.4 Å². The Morgan fingerprint density at radius 3 is 2.89 bits per heavy atom. The summed E-state index contributed by atoms with van der Waals surface area (Å²) in [5.41, 5.74) is 1.14. The molecule has 0 amide bonds. The van der Waals surface area contributed by atoms with Crippen molar-refractivity contribution in [3.05, 3.63) is 22.8 Å². The number of nitrogens with one attached hydrogen (secondary N) is 1. The standard InChI is InChI=1S/C14H22ClN3/c1-3-7-16-9-11-8-14(17-10-13(11)15)18(2)12-5-4-6-12/h8,10,12,16H,3-7,9H2,1-2H3. The van der Waals surface area contributed by atoms with Gasteiger partial charge in [0, 0.05) is 25.8 Å². The summed E-state index contributed by atoms with van der Waals surface area (Å²) in [6.45, 7) is 4.00. The van der Waals surface area contributed by atoms with Gasteiger partial charge in [-0.05, 0) is 43.9 Å². The Labute approximate surface area is 115 Å². The summed E-state index contributed by atoms with van der Waals surface area (Å²) < 4.78 is 0. The molecule has 0 radical (unpaired) electrons. The van der Waals surface area contributed by atoms with Crippen molar-refractivity contribution in [3.8, 4) is 0 Å². The SMILES string of the molecule is CCCNCc1cc(N(C)C2CCC2)ncc1Cl. The molecule has 1 aromatic heterocycles. The molecule has 0 saturated heterocycles. The van der Waals surface area contributed by atoms with E-state index >= 15 is 0 Å². The molecule has 0 aromatic carbocycles. The third kappa shape index (κ3) is 3.15. The Morgan fingerprint density at radius 2 is 2.28 bits per heavy atom. The number of aromatic nitrogens is 1. The molecule has 3 nitrogen and oxygen atoms in total. The van der Waals surface area contributed by atoms with Crippen LogP contribution in [0, 0.1) is 0 Å². The predicted octanol–water partition coefficient (Wildman–Crippen LogP) is 3.22. The van der Waals surface area contributed by atoms with Crippen molar-refractivity contribution < 1.29 is 0 Å². The second-order valence-corrected chi connectivity index (χ2v) is 5.41. The lowest BCUT2D eigenvalue weighted by molar-refractivity contribution is 0.399. The van der Waals surface area contributed by atoms with Gasteiger partial charge in [0.05, 0.1) is 5.02 Å². The van der Waals surface area contributed by atoms with E-state index < -0.39 is 0 Å². The number of nitrogens with zero attached hydrogens (tertiary/aromatic N) is 2. The lowest BCUT2D eigenvalue weighted by Gasteiger charge is -2.35. The molecule has 1 aliphatic carbocycles. The number of hydrogen-bond acceptors (Lipinski definition) is 3. The van der Waals surface area contributed by atoms with Crippen LogP contribution in [0.15, 0.2) is 12.3 Å². The number of rotatable bonds is 6. The lowest BCUT2D eigenvalue weighted by atomic mass is 9.92. The largest absolute Gasteiger partial charge is 0.357 e. The molecule has 1 saturated carbocycles. The maximum Gasteiger partial charge on any atom is 0.128 e. The number of halogens is 1. The van der Waals surface area contributed by atoms with Crippen LogP contribution < -0.4 is 10.2 Å². The highest BCUT2D eigenvalue weighted by molar-refractivity contribution is 6.31. The number of anilines is 1. The van der Waals surface area contributed by atoms with Gasteiger partial charge in [-0.1, -0.05) is 18.5 Å². The smallest absolute Gasteiger partial charge is 0.128 e. The second kappa shape index (κ2) is 6.39. The average Bonchev–Trinajstić information content (AvgIpc) is 2.29. The van der Waals surface area contributed by atoms with Gasteiger partial charge >= 0.3 is 0 Å². The molecule has 18 heavy (non-hydrogen) atoms. The monoisotopic (exact) mass is 267 g/mol.